The highest BCUT2D eigenvalue weighted by atomic mass is 19.4. The van der Waals surface area contributed by atoms with Gasteiger partial charge in [-0.25, -0.2) is 4.98 Å². The van der Waals surface area contributed by atoms with Crippen LogP contribution in [-0.2, 0) is 19.0 Å². The van der Waals surface area contributed by atoms with Crippen LogP contribution in [0.25, 0.3) is 33.5 Å². The zero-order valence-electron chi connectivity index (χ0n) is 24.3. The van der Waals surface area contributed by atoms with Gasteiger partial charge in [0.2, 0.25) is 0 Å². The predicted octanol–water partition coefficient (Wildman–Crippen LogP) is 6.02. The summed E-state index contributed by atoms with van der Waals surface area (Å²) in [6, 6.07) is 10.7. The highest BCUT2D eigenvalue weighted by molar-refractivity contribution is 6.00. The number of likely N-dealkylation sites (tertiary alicyclic amines) is 1. The number of carbonyl (C=O) groups excluding carboxylic acids is 1. The van der Waals surface area contributed by atoms with E-state index in [1.165, 1.54) is 13.8 Å². The number of halogens is 3. The first-order valence-corrected chi connectivity index (χ1v) is 14.7. The Kier molecular flexibility index (Phi) is 6.00. The van der Waals surface area contributed by atoms with Crippen LogP contribution in [0.4, 0.5) is 13.2 Å². The Morgan fingerprint density at radius 1 is 1.10 bits per heavy atom. The monoisotopic (exact) mass is 579 g/mol. The van der Waals surface area contributed by atoms with Gasteiger partial charge in [0.25, 0.3) is 5.91 Å². The molecule has 7 rings (SSSR count). The Labute approximate surface area is 242 Å². The summed E-state index contributed by atoms with van der Waals surface area (Å²) in [6.07, 6.45) is -0.197. The number of alkyl halides is 3. The molecule has 2 aliphatic carbocycles. The number of rotatable bonds is 6. The van der Waals surface area contributed by atoms with Gasteiger partial charge in [0.15, 0.2) is 5.82 Å². The van der Waals surface area contributed by atoms with Crippen molar-refractivity contribution in [3.05, 3.63) is 47.5 Å². The number of nitrogens with two attached hydrogens (primary N) is 1. The second-order valence-corrected chi connectivity index (χ2v) is 13.0. The molecule has 2 unspecified atom stereocenters. The topological polar surface area (TPSA) is 78.3 Å². The summed E-state index contributed by atoms with van der Waals surface area (Å²) in [4.78, 5) is 20.5. The molecule has 0 spiro atoms. The number of piperidine rings is 1. The molecule has 1 amide bonds. The second-order valence-electron chi connectivity index (χ2n) is 13.0. The van der Waals surface area contributed by atoms with Gasteiger partial charge in [-0.2, -0.15) is 13.2 Å². The van der Waals surface area contributed by atoms with Crippen LogP contribution in [0, 0.1) is 11.8 Å². The van der Waals surface area contributed by atoms with E-state index in [9.17, 15) is 18.0 Å². The van der Waals surface area contributed by atoms with Crippen LogP contribution < -0.4 is 10.5 Å². The summed E-state index contributed by atoms with van der Waals surface area (Å²) >= 11 is 0. The van der Waals surface area contributed by atoms with Crippen molar-refractivity contribution in [2.24, 2.45) is 24.6 Å². The van der Waals surface area contributed by atoms with Crippen molar-refractivity contribution in [3.63, 3.8) is 0 Å². The van der Waals surface area contributed by atoms with Gasteiger partial charge < -0.3 is 24.5 Å². The Morgan fingerprint density at radius 3 is 2.48 bits per heavy atom. The molecule has 3 atom stereocenters. The molecular formula is C32H36F3N5O2. The van der Waals surface area contributed by atoms with Gasteiger partial charge in [0, 0.05) is 48.7 Å². The lowest BCUT2D eigenvalue weighted by atomic mass is 9.83. The number of amides is 1. The third-order valence-corrected chi connectivity index (χ3v) is 10.0. The summed E-state index contributed by atoms with van der Waals surface area (Å²) in [5.41, 5.74) is 8.12. The quantitative estimate of drug-likeness (QED) is 0.303. The second kappa shape index (κ2) is 9.23. The number of aryl methyl sites for hydroxylation is 1. The molecule has 10 heteroatoms. The van der Waals surface area contributed by atoms with Gasteiger partial charge >= 0.3 is 6.18 Å². The maximum atomic E-state index is 13.9. The van der Waals surface area contributed by atoms with E-state index in [-0.39, 0.29) is 23.6 Å². The zero-order valence-corrected chi connectivity index (χ0v) is 24.3. The number of carbonyl (C=O) groups is 1. The zero-order chi connectivity index (χ0) is 29.7. The lowest BCUT2D eigenvalue weighted by Gasteiger charge is -2.28. The number of imidazole rings is 1. The molecule has 2 aromatic carbocycles. The average Bonchev–Trinajstić information content (AvgIpc) is 3.35. The van der Waals surface area contributed by atoms with E-state index >= 15 is 0 Å². The van der Waals surface area contributed by atoms with Crippen LogP contribution >= 0.6 is 0 Å². The summed E-state index contributed by atoms with van der Waals surface area (Å²) in [6.45, 7) is 3.82. The van der Waals surface area contributed by atoms with Crippen LogP contribution in [0.5, 0.6) is 5.75 Å². The molecule has 3 heterocycles. The molecule has 7 nitrogen and oxygen atoms in total. The molecule has 1 saturated heterocycles. The number of fused-ring (bicyclic) bond motifs is 4. The van der Waals surface area contributed by atoms with E-state index in [1.807, 2.05) is 28.6 Å². The number of benzene rings is 2. The Balaban J connectivity index is 1.35. The highest BCUT2D eigenvalue weighted by Crippen LogP contribution is 2.44. The van der Waals surface area contributed by atoms with E-state index in [1.54, 1.807) is 31.4 Å². The third kappa shape index (κ3) is 4.05. The number of aromatic nitrogens is 3. The molecule has 2 saturated carbocycles. The first-order chi connectivity index (χ1) is 19.9. The third-order valence-electron chi connectivity index (χ3n) is 10.0. The van der Waals surface area contributed by atoms with Crippen molar-refractivity contribution in [1.29, 1.82) is 0 Å². The van der Waals surface area contributed by atoms with Crippen LogP contribution in [0.1, 0.15) is 55.5 Å². The summed E-state index contributed by atoms with van der Waals surface area (Å²) < 4.78 is 51.7. The lowest BCUT2D eigenvalue weighted by molar-refractivity contribution is -0.180. The molecule has 3 aliphatic rings. The van der Waals surface area contributed by atoms with E-state index in [0.717, 1.165) is 47.8 Å². The molecule has 0 radical (unpaired) electrons. The Morgan fingerprint density at radius 2 is 1.86 bits per heavy atom. The Hall–Kier alpha value is -3.53. The normalized spacial score (nSPS) is 22.6. The summed E-state index contributed by atoms with van der Waals surface area (Å²) in [7, 11) is 3.49. The molecule has 222 valence electrons. The summed E-state index contributed by atoms with van der Waals surface area (Å²) in [5, 5.41) is 0.864. The fourth-order valence-corrected chi connectivity index (χ4v) is 7.01. The minimum absolute atomic E-state index is 0.0247. The summed E-state index contributed by atoms with van der Waals surface area (Å²) in [5.74, 6) is 1.98. The predicted molar refractivity (Wildman–Crippen MR) is 156 cm³/mol. The van der Waals surface area contributed by atoms with E-state index in [0.29, 0.717) is 47.6 Å². The first kappa shape index (κ1) is 27.3. The van der Waals surface area contributed by atoms with Crippen molar-refractivity contribution in [1.82, 2.24) is 19.0 Å². The van der Waals surface area contributed by atoms with Gasteiger partial charge in [0.1, 0.15) is 11.3 Å². The lowest BCUT2D eigenvalue weighted by Crippen LogP contribution is -2.41. The van der Waals surface area contributed by atoms with Crippen LogP contribution in [-0.4, -0.2) is 56.8 Å². The minimum atomic E-state index is -4.37. The van der Waals surface area contributed by atoms with E-state index in [2.05, 4.69) is 4.57 Å². The molecule has 42 heavy (non-hydrogen) atoms. The molecule has 3 fully saturated rings. The van der Waals surface area contributed by atoms with Gasteiger partial charge in [-0.15, -0.1) is 0 Å². The molecule has 2 N–H and O–H groups in total. The molecule has 1 aliphatic heterocycles. The van der Waals surface area contributed by atoms with Crippen molar-refractivity contribution >= 4 is 27.8 Å². The van der Waals surface area contributed by atoms with E-state index in [4.69, 9.17) is 15.5 Å². The van der Waals surface area contributed by atoms with Crippen molar-refractivity contribution in [2.75, 3.05) is 13.7 Å². The van der Waals surface area contributed by atoms with Gasteiger partial charge in [-0.1, -0.05) is 12.1 Å². The molecule has 2 aromatic heterocycles. The fraction of sp³-hybridized carbons (Fsp3) is 0.500. The number of methoxy groups -OCH3 is 1. The molecular weight excluding hydrogens is 543 g/mol. The molecule has 4 aromatic rings. The SMILES string of the molecule is COc1cc(C(=O)N2CC3CCC2[C@@H]3N)cc2nc(-c3cc4ccc(C(C)(C)C(F)(F)F)cc4n3CC3CC3)n(C)c12. The Bertz CT molecular complexity index is 1730. The minimum Gasteiger partial charge on any atom is -0.494 e. The van der Waals surface area contributed by atoms with Crippen molar-refractivity contribution < 1.29 is 22.7 Å². The standard InChI is InChI=1S/C32H36F3N5O2/c1-31(2,32(33,34)35)21-9-7-18-12-25(39(24(18)14-21)15-17-5-6-17)29-37-22-11-20(13-26(42-4)28(22)38(29)3)30(41)40-16-19-8-10-23(40)27(19)36/h7,9,11-14,17,19,23,27H,5-6,8,10,15-16,36H2,1-4H3/t19?,23?,27-/m1/s1. The van der Waals surface area contributed by atoms with Gasteiger partial charge in [-0.3, -0.25) is 4.79 Å². The average molecular weight is 580 g/mol. The van der Waals surface area contributed by atoms with Gasteiger partial charge in [0.05, 0.1) is 23.7 Å². The van der Waals surface area contributed by atoms with E-state index < -0.39 is 11.6 Å². The maximum absolute atomic E-state index is 13.9. The first-order valence-electron chi connectivity index (χ1n) is 14.7. The number of hydrogen-bond donors (Lipinski definition) is 1. The smallest absolute Gasteiger partial charge is 0.397 e. The fourth-order valence-electron chi connectivity index (χ4n) is 7.01. The van der Waals surface area contributed by atoms with Crippen LogP contribution in [0.15, 0.2) is 36.4 Å². The van der Waals surface area contributed by atoms with Crippen molar-refractivity contribution in [2.45, 2.75) is 69.8 Å². The highest BCUT2D eigenvalue weighted by Gasteiger charge is 2.49. The van der Waals surface area contributed by atoms with Crippen molar-refractivity contribution in [3.8, 4) is 17.3 Å². The van der Waals surface area contributed by atoms with Crippen LogP contribution in [0.3, 0.4) is 0 Å². The number of ether oxygens (including phenoxy) is 1. The number of nitrogens with zero attached hydrogens (tertiary/aromatic N) is 4. The largest absolute Gasteiger partial charge is 0.494 e. The molecule has 2 bridgehead atoms. The number of hydrogen-bond acceptors (Lipinski definition) is 4. The van der Waals surface area contributed by atoms with Crippen LogP contribution in [0.2, 0.25) is 0 Å². The van der Waals surface area contributed by atoms with Gasteiger partial charge in [-0.05, 0) is 81.2 Å². The maximum Gasteiger partial charge on any atom is 0.397 e.